The predicted octanol–water partition coefficient (Wildman–Crippen LogP) is 2.81. The molecule has 0 aliphatic carbocycles. The second-order valence-electron chi connectivity index (χ2n) is 4.57. The first-order valence-electron chi connectivity index (χ1n) is 6.83. The quantitative estimate of drug-likeness (QED) is 0.795. The molecule has 0 bridgehead atoms. The molecule has 0 unspecified atom stereocenters. The topological polar surface area (TPSA) is 61.5 Å². The summed E-state index contributed by atoms with van der Waals surface area (Å²) < 4.78 is 11.1. The van der Waals surface area contributed by atoms with Crippen LogP contribution in [0, 0.1) is 0 Å². The van der Waals surface area contributed by atoms with Gasteiger partial charge in [-0.25, -0.2) is 0 Å². The van der Waals surface area contributed by atoms with Crippen LogP contribution in [0.4, 0.5) is 0 Å². The molecule has 0 heterocycles. The largest absolute Gasteiger partial charge is 0.493 e. The van der Waals surface area contributed by atoms with Crippen molar-refractivity contribution >= 4 is 5.78 Å². The van der Waals surface area contributed by atoms with E-state index >= 15 is 0 Å². The van der Waals surface area contributed by atoms with E-state index in [0.717, 1.165) is 5.56 Å². The van der Waals surface area contributed by atoms with E-state index in [0.29, 0.717) is 30.2 Å². The molecule has 0 atom stereocenters. The van der Waals surface area contributed by atoms with Crippen molar-refractivity contribution in [2.75, 3.05) is 13.7 Å². The Hall–Kier alpha value is -2.33. The summed E-state index contributed by atoms with van der Waals surface area (Å²) in [6.45, 7) is 0.693. The number of ether oxygens (including phenoxy) is 2. The Bertz CT molecular complexity index is 596. The molecule has 0 aliphatic heterocycles. The minimum absolute atomic E-state index is 0.0422. The molecule has 0 amide bonds. The first kappa shape index (κ1) is 15.1. The van der Waals surface area contributed by atoms with Gasteiger partial charge < -0.3 is 15.2 Å². The van der Waals surface area contributed by atoms with Crippen LogP contribution in [0.25, 0.3) is 0 Å². The van der Waals surface area contributed by atoms with Crippen molar-refractivity contribution in [3.05, 3.63) is 59.7 Å². The van der Waals surface area contributed by atoms with Crippen molar-refractivity contribution in [2.24, 2.45) is 5.73 Å². The Morgan fingerprint density at radius 3 is 2.52 bits per heavy atom. The van der Waals surface area contributed by atoms with E-state index < -0.39 is 0 Å². The Labute approximate surface area is 124 Å². The summed E-state index contributed by atoms with van der Waals surface area (Å²) in [6, 6.07) is 15.1. The van der Waals surface area contributed by atoms with Gasteiger partial charge in [0.2, 0.25) is 0 Å². The lowest BCUT2D eigenvalue weighted by Gasteiger charge is -2.14. The Kier molecular flexibility index (Phi) is 5.35. The molecule has 0 aromatic heterocycles. The van der Waals surface area contributed by atoms with Gasteiger partial charge in [0.05, 0.1) is 12.7 Å². The highest BCUT2D eigenvalue weighted by Crippen LogP contribution is 2.32. The predicted molar refractivity (Wildman–Crippen MR) is 81.8 cm³/mol. The van der Waals surface area contributed by atoms with E-state index in [-0.39, 0.29) is 12.2 Å². The zero-order valence-electron chi connectivity index (χ0n) is 12.0. The molecule has 0 radical (unpaired) electrons. The lowest BCUT2D eigenvalue weighted by atomic mass is 10.1. The fraction of sp³-hybridized carbons (Fsp3) is 0.235. The van der Waals surface area contributed by atoms with Gasteiger partial charge >= 0.3 is 0 Å². The molecule has 21 heavy (non-hydrogen) atoms. The average Bonchev–Trinajstić information content (AvgIpc) is 2.53. The third kappa shape index (κ3) is 3.83. The van der Waals surface area contributed by atoms with Crippen molar-refractivity contribution in [1.29, 1.82) is 0 Å². The molecular formula is C17H19NO3. The summed E-state index contributed by atoms with van der Waals surface area (Å²) in [5, 5.41) is 0. The Morgan fingerprint density at radius 2 is 1.86 bits per heavy atom. The fourth-order valence-corrected chi connectivity index (χ4v) is 2.04. The molecule has 4 nitrogen and oxygen atoms in total. The maximum Gasteiger partial charge on any atom is 0.172 e. The minimum atomic E-state index is -0.0422. The SMILES string of the molecule is COc1cccc(C(=O)CCN)c1OCc1ccccc1. The maximum atomic E-state index is 12.1. The van der Waals surface area contributed by atoms with E-state index in [1.807, 2.05) is 30.3 Å². The number of carbonyl (C=O) groups excluding carboxylic acids is 1. The molecule has 2 aromatic carbocycles. The Balaban J connectivity index is 2.25. The summed E-state index contributed by atoms with van der Waals surface area (Å²) >= 11 is 0. The monoisotopic (exact) mass is 285 g/mol. The van der Waals surface area contributed by atoms with Crippen LogP contribution >= 0.6 is 0 Å². The number of carbonyl (C=O) groups is 1. The molecule has 0 fully saturated rings. The van der Waals surface area contributed by atoms with Gasteiger partial charge in [-0.1, -0.05) is 36.4 Å². The highest BCUT2D eigenvalue weighted by Gasteiger charge is 2.16. The van der Waals surface area contributed by atoms with Gasteiger partial charge in [-0.3, -0.25) is 4.79 Å². The third-order valence-corrected chi connectivity index (χ3v) is 3.10. The maximum absolute atomic E-state index is 12.1. The highest BCUT2D eigenvalue weighted by molar-refractivity contribution is 5.99. The number of ketones is 1. The van der Waals surface area contributed by atoms with Gasteiger partial charge in [-0.2, -0.15) is 0 Å². The minimum Gasteiger partial charge on any atom is -0.493 e. The summed E-state index contributed by atoms with van der Waals surface area (Å²) in [6.07, 6.45) is 0.287. The van der Waals surface area contributed by atoms with Crippen molar-refractivity contribution in [1.82, 2.24) is 0 Å². The van der Waals surface area contributed by atoms with Gasteiger partial charge in [0.15, 0.2) is 17.3 Å². The summed E-state index contributed by atoms with van der Waals surface area (Å²) in [4.78, 5) is 12.1. The van der Waals surface area contributed by atoms with E-state index in [2.05, 4.69) is 0 Å². The Morgan fingerprint density at radius 1 is 1.10 bits per heavy atom. The van der Waals surface area contributed by atoms with Crippen LogP contribution in [0.2, 0.25) is 0 Å². The van der Waals surface area contributed by atoms with Crippen molar-refractivity contribution in [2.45, 2.75) is 13.0 Å². The number of nitrogens with two attached hydrogens (primary N) is 1. The first-order valence-corrected chi connectivity index (χ1v) is 6.83. The number of rotatable bonds is 7. The molecule has 0 saturated carbocycles. The number of hydrogen-bond acceptors (Lipinski definition) is 4. The van der Waals surface area contributed by atoms with E-state index in [1.54, 1.807) is 25.3 Å². The van der Waals surface area contributed by atoms with Crippen LogP contribution in [0.5, 0.6) is 11.5 Å². The second kappa shape index (κ2) is 7.45. The number of methoxy groups -OCH3 is 1. The average molecular weight is 285 g/mol. The number of hydrogen-bond donors (Lipinski definition) is 1. The molecule has 2 aromatic rings. The van der Waals surface area contributed by atoms with Crippen LogP contribution in [-0.4, -0.2) is 19.4 Å². The van der Waals surface area contributed by atoms with E-state index in [4.69, 9.17) is 15.2 Å². The van der Waals surface area contributed by atoms with Crippen LogP contribution in [0.15, 0.2) is 48.5 Å². The molecule has 0 saturated heterocycles. The molecule has 0 aliphatic rings. The van der Waals surface area contributed by atoms with Crippen molar-refractivity contribution in [3.63, 3.8) is 0 Å². The molecule has 2 rings (SSSR count). The number of para-hydroxylation sites is 1. The van der Waals surface area contributed by atoms with Crippen molar-refractivity contribution in [3.8, 4) is 11.5 Å². The molecule has 110 valence electrons. The summed E-state index contributed by atoms with van der Waals surface area (Å²) in [5.74, 6) is 0.982. The van der Waals surface area contributed by atoms with Crippen molar-refractivity contribution < 1.29 is 14.3 Å². The summed E-state index contributed by atoms with van der Waals surface area (Å²) in [5.41, 5.74) is 7.00. The van der Waals surface area contributed by atoms with Crippen LogP contribution in [0.3, 0.4) is 0 Å². The van der Waals surface area contributed by atoms with Gasteiger partial charge in [-0.05, 0) is 24.2 Å². The fourth-order valence-electron chi connectivity index (χ4n) is 2.04. The standard InChI is InChI=1S/C17H19NO3/c1-20-16-9-5-8-14(15(19)10-11-18)17(16)21-12-13-6-3-2-4-7-13/h2-9H,10-12,18H2,1H3. The van der Waals surface area contributed by atoms with E-state index in [9.17, 15) is 4.79 Å². The van der Waals surface area contributed by atoms with Gasteiger partial charge in [0.1, 0.15) is 6.61 Å². The second-order valence-corrected chi connectivity index (χ2v) is 4.57. The smallest absolute Gasteiger partial charge is 0.172 e. The van der Waals surface area contributed by atoms with Crippen LogP contribution in [-0.2, 0) is 6.61 Å². The number of Topliss-reactive ketones (excluding diaryl/α,β-unsaturated/α-hetero) is 1. The summed E-state index contributed by atoms with van der Waals surface area (Å²) in [7, 11) is 1.56. The lowest BCUT2D eigenvalue weighted by Crippen LogP contribution is -2.10. The first-order chi connectivity index (χ1) is 10.3. The molecule has 4 heteroatoms. The van der Waals surface area contributed by atoms with Crippen LogP contribution in [0.1, 0.15) is 22.3 Å². The van der Waals surface area contributed by atoms with Crippen LogP contribution < -0.4 is 15.2 Å². The molecule has 2 N–H and O–H groups in total. The normalized spacial score (nSPS) is 10.2. The molecule has 0 spiro atoms. The zero-order chi connectivity index (χ0) is 15.1. The third-order valence-electron chi connectivity index (χ3n) is 3.10. The molecular weight excluding hydrogens is 266 g/mol. The lowest BCUT2D eigenvalue weighted by molar-refractivity contribution is 0.0980. The van der Waals surface area contributed by atoms with Gasteiger partial charge in [-0.15, -0.1) is 0 Å². The van der Waals surface area contributed by atoms with E-state index in [1.165, 1.54) is 0 Å². The highest BCUT2D eigenvalue weighted by atomic mass is 16.5. The van der Waals surface area contributed by atoms with Gasteiger partial charge in [0.25, 0.3) is 0 Å². The van der Waals surface area contributed by atoms with Gasteiger partial charge in [0, 0.05) is 6.42 Å². The number of benzene rings is 2. The zero-order valence-corrected chi connectivity index (χ0v) is 12.0.